The summed E-state index contributed by atoms with van der Waals surface area (Å²) in [4.78, 5) is 29.9. The molecular weight excluding hydrogens is 330 g/mol. The average Bonchev–Trinajstić information content (AvgIpc) is 2.90. The molecule has 6 heteroatoms. The van der Waals surface area contributed by atoms with Gasteiger partial charge in [0.15, 0.2) is 0 Å². The third-order valence-electron chi connectivity index (χ3n) is 4.41. The van der Waals surface area contributed by atoms with E-state index in [2.05, 4.69) is 10.3 Å². The van der Waals surface area contributed by atoms with Gasteiger partial charge in [-0.05, 0) is 49.9 Å². The fraction of sp³-hybridized carbons (Fsp3) is 0.350. The molecule has 0 radical (unpaired) electrons. The van der Waals surface area contributed by atoms with E-state index in [1.54, 1.807) is 6.92 Å². The van der Waals surface area contributed by atoms with Crippen LogP contribution in [0.25, 0.3) is 11.1 Å². The molecule has 3 rings (SSSR count). The zero-order valence-corrected chi connectivity index (χ0v) is 15.7. The third kappa shape index (κ3) is 3.27. The van der Waals surface area contributed by atoms with E-state index in [1.807, 2.05) is 45.9 Å². The molecule has 0 aliphatic carbocycles. The second-order valence-corrected chi connectivity index (χ2v) is 7.06. The molecule has 1 aromatic carbocycles. The van der Waals surface area contributed by atoms with Crippen LogP contribution in [0.4, 0.5) is 5.69 Å². The topological polar surface area (TPSA) is 77.1 Å². The molecule has 2 heterocycles. The van der Waals surface area contributed by atoms with Gasteiger partial charge in [0.25, 0.3) is 11.5 Å². The molecular formula is C20H23N3O3. The van der Waals surface area contributed by atoms with Gasteiger partial charge in [-0.3, -0.25) is 14.2 Å². The van der Waals surface area contributed by atoms with Crippen LogP contribution in [0.1, 0.15) is 41.1 Å². The first-order chi connectivity index (χ1) is 12.3. The Bertz CT molecular complexity index is 1040. The lowest BCUT2D eigenvalue weighted by Gasteiger charge is -2.09. The second kappa shape index (κ2) is 6.78. The Morgan fingerprint density at radius 2 is 1.96 bits per heavy atom. The molecule has 0 spiro atoms. The van der Waals surface area contributed by atoms with Crippen LogP contribution in [0.3, 0.4) is 0 Å². The maximum Gasteiger partial charge on any atom is 0.265 e. The van der Waals surface area contributed by atoms with Gasteiger partial charge in [0.05, 0.1) is 5.56 Å². The molecule has 2 aromatic heterocycles. The van der Waals surface area contributed by atoms with Crippen LogP contribution in [0.5, 0.6) is 0 Å². The summed E-state index contributed by atoms with van der Waals surface area (Å²) in [5.74, 6) is 0.298. The number of amides is 1. The number of benzene rings is 1. The van der Waals surface area contributed by atoms with Crippen LogP contribution in [0.15, 0.2) is 33.7 Å². The first-order valence-corrected chi connectivity index (χ1v) is 8.65. The van der Waals surface area contributed by atoms with Crippen molar-refractivity contribution in [2.45, 2.75) is 41.2 Å². The van der Waals surface area contributed by atoms with Crippen LogP contribution in [-0.2, 0) is 6.54 Å². The van der Waals surface area contributed by atoms with Crippen molar-refractivity contribution < 1.29 is 9.21 Å². The minimum atomic E-state index is -0.370. The van der Waals surface area contributed by atoms with E-state index in [0.29, 0.717) is 18.0 Å². The highest BCUT2D eigenvalue weighted by Crippen LogP contribution is 2.23. The van der Waals surface area contributed by atoms with Crippen molar-refractivity contribution in [3.63, 3.8) is 0 Å². The molecule has 0 bridgehead atoms. The number of fused-ring (bicyclic) bond motifs is 1. The molecule has 0 unspecified atom stereocenters. The number of carbonyl (C=O) groups is 1. The van der Waals surface area contributed by atoms with Crippen molar-refractivity contribution in [2.75, 3.05) is 5.32 Å². The van der Waals surface area contributed by atoms with E-state index in [1.165, 1.54) is 10.9 Å². The van der Waals surface area contributed by atoms with Crippen LogP contribution >= 0.6 is 0 Å². The summed E-state index contributed by atoms with van der Waals surface area (Å²) in [7, 11) is 0. The maximum atomic E-state index is 12.8. The van der Waals surface area contributed by atoms with Gasteiger partial charge < -0.3 is 9.73 Å². The summed E-state index contributed by atoms with van der Waals surface area (Å²) in [5.41, 5.74) is 3.09. The molecule has 0 fully saturated rings. The van der Waals surface area contributed by atoms with E-state index in [0.717, 1.165) is 11.1 Å². The molecule has 1 N–H and O–H groups in total. The Hall–Kier alpha value is -2.89. The third-order valence-corrected chi connectivity index (χ3v) is 4.41. The monoisotopic (exact) mass is 353 g/mol. The SMILES string of the molecule is Cc1ccc(NC(=O)c2c(C)oc3ncn(CC(C)C)c(=O)c23)cc1C. The van der Waals surface area contributed by atoms with Crippen molar-refractivity contribution in [2.24, 2.45) is 5.92 Å². The molecule has 1 amide bonds. The number of aryl methyl sites for hydroxylation is 3. The van der Waals surface area contributed by atoms with Crippen molar-refractivity contribution >= 4 is 22.7 Å². The first kappa shape index (κ1) is 17.9. The molecule has 0 aliphatic rings. The van der Waals surface area contributed by atoms with Gasteiger partial charge in [0.2, 0.25) is 5.71 Å². The summed E-state index contributed by atoms with van der Waals surface area (Å²) in [5, 5.41) is 3.09. The molecule has 3 aromatic rings. The molecule has 0 saturated heterocycles. The normalized spacial score (nSPS) is 11.3. The van der Waals surface area contributed by atoms with Crippen molar-refractivity contribution in [1.29, 1.82) is 0 Å². The number of aromatic nitrogens is 2. The summed E-state index contributed by atoms with van der Waals surface area (Å²) in [6, 6.07) is 5.69. The van der Waals surface area contributed by atoms with Gasteiger partial charge in [0, 0.05) is 12.2 Å². The number of nitrogens with one attached hydrogen (secondary N) is 1. The number of carbonyl (C=O) groups excluding carboxylic acids is 1. The molecule has 0 atom stereocenters. The van der Waals surface area contributed by atoms with Crippen LogP contribution in [0.2, 0.25) is 0 Å². The number of nitrogens with zero attached hydrogens (tertiary/aromatic N) is 2. The standard InChI is InChI=1S/C20H23N3O3/c1-11(2)9-23-10-21-19-17(20(23)25)16(14(5)26-19)18(24)22-15-7-6-12(3)13(4)8-15/h6-8,10-11H,9H2,1-5H3,(H,22,24). The first-order valence-electron chi connectivity index (χ1n) is 8.65. The number of anilines is 1. The van der Waals surface area contributed by atoms with Gasteiger partial charge in [0.1, 0.15) is 17.5 Å². The van der Waals surface area contributed by atoms with Crippen LogP contribution in [0, 0.1) is 26.7 Å². The largest absolute Gasteiger partial charge is 0.442 e. The highest BCUT2D eigenvalue weighted by molar-refractivity contribution is 6.12. The van der Waals surface area contributed by atoms with E-state index in [4.69, 9.17) is 4.42 Å². The van der Waals surface area contributed by atoms with Crippen LogP contribution in [-0.4, -0.2) is 15.5 Å². The van der Waals surface area contributed by atoms with E-state index in [-0.39, 0.29) is 34.0 Å². The number of rotatable bonds is 4. The Balaban J connectivity index is 2.05. The van der Waals surface area contributed by atoms with E-state index < -0.39 is 0 Å². The van der Waals surface area contributed by atoms with Gasteiger partial charge in [-0.15, -0.1) is 0 Å². The number of hydrogen-bond donors (Lipinski definition) is 1. The second-order valence-electron chi connectivity index (χ2n) is 7.06. The predicted molar refractivity (Wildman–Crippen MR) is 102 cm³/mol. The van der Waals surface area contributed by atoms with Gasteiger partial charge in [-0.2, -0.15) is 0 Å². The lowest BCUT2D eigenvalue weighted by molar-refractivity contribution is 0.102. The van der Waals surface area contributed by atoms with Crippen molar-refractivity contribution in [3.8, 4) is 0 Å². The fourth-order valence-corrected chi connectivity index (χ4v) is 2.95. The number of furan rings is 1. The molecule has 0 saturated carbocycles. The van der Waals surface area contributed by atoms with E-state index in [9.17, 15) is 9.59 Å². The Kier molecular flexibility index (Phi) is 4.68. The smallest absolute Gasteiger partial charge is 0.265 e. The highest BCUT2D eigenvalue weighted by Gasteiger charge is 2.23. The van der Waals surface area contributed by atoms with Crippen molar-refractivity contribution in [1.82, 2.24) is 9.55 Å². The lowest BCUT2D eigenvalue weighted by Crippen LogP contribution is -2.24. The zero-order valence-electron chi connectivity index (χ0n) is 15.7. The Morgan fingerprint density at radius 1 is 1.23 bits per heavy atom. The zero-order chi connectivity index (χ0) is 19.0. The molecule has 136 valence electrons. The summed E-state index contributed by atoms with van der Waals surface area (Å²) in [6.07, 6.45) is 1.47. The van der Waals surface area contributed by atoms with Crippen LogP contribution < -0.4 is 10.9 Å². The maximum absolute atomic E-state index is 12.8. The summed E-state index contributed by atoms with van der Waals surface area (Å²) in [6.45, 7) is 10.2. The molecule has 26 heavy (non-hydrogen) atoms. The van der Waals surface area contributed by atoms with E-state index >= 15 is 0 Å². The predicted octanol–water partition coefficient (Wildman–Crippen LogP) is 3.82. The molecule has 6 nitrogen and oxygen atoms in total. The Morgan fingerprint density at radius 3 is 2.62 bits per heavy atom. The van der Waals surface area contributed by atoms with Gasteiger partial charge in [-0.25, -0.2) is 4.98 Å². The van der Waals surface area contributed by atoms with Gasteiger partial charge >= 0.3 is 0 Å². The Labute approximate surface area is 151 Å². The number of hydrogen-bond acceptors (Lipinski definition) is 4. The fourth-order valence-electron chi connectivity index (χ4n) is 2.95. The summed E-state index contributed by atoms with van der Waals surface area (Å²) >= 11 is 0. The minimum absolute atomic E-state index is 0.192. The van der Waals surface area contributed by atoms with Gasteiger partial charge in [-0.1, -0.05) is 19.9 Å². The quantitative estimate of drug-likeness (QED) is 0.773. The average molecular weight is 353 g/mol. The molecule has 0 aliphatic heterocycles. The highest BCUT2D eigenvalue weighted by atomic mass is 16.3. The summed E-state index contributed by atoms with van der Waals surface area (Å²) < 4.78 is 7.08. The minimum Gasteiger partial charge on any atom is -0.442 e. The lowest BCUT2D eigenvalue weighted by atomic mass is 10.1. The van der Waals surface area contributed by atoms with Crippen molar-refractivity contribution in [3.05, 3.63) is 57.3 Å².